The molecule has 1 atom stereocenters. The molecular formula is C13H18BrNO2S. The van der Waals surface area contributed by atoms with Crippen LogP contribution < -0.4 is 5.32 Å². The fourth-order valence-electron chi connectivity index (χ4n) is 1.37. The van der Waals surface area contributed by atoms with Crippen LogP contribution in [-0.2, 0) is 4.79 Å². The second kappa shape index (κ2) is 7.16. The van der Waals surface area contributed by atoms with Crippen molar-refractivity contribution in [2.45, 2.75) is 30.7 Å². The third-order valence-corrected chi connectivity index (χ3v) is 4.93. The maximum atomic E-state index is 11.3. The molecule has 100 valence electrons. The largest absolute Gasteiger partial charge is 0.480 e. The number of rotatable bonds is 7. The van der Waals surface area contributed by atoms with Gasteiger partial charge in [0.25, 0.3) is 0 Å². The summed E-state index contributed by atoms with van der Waals surface area (Å²) in [4.78, 5) is 12.4. The fourth-order valence-corrected chi connectivity index (χ4v) is 3.05. The Morgan fingerprint density at radius 3 is 2.72 bits per heavy atom. The Balaban J connectivity index is 2.68. The summed E-state index contributed by atoms with van der Waals surface area (Å²) in [6.07, 6.45) is 0.919. The molecule has 0 aliphatic rings. The summed E-state index contributed by atoms with van der Waals surface area (Å²) in [5.41, 5.74) is -0.893. The second-order valence-corrected chi connectivity index (χ2v) is 6.15. The molecule has 0 saturated carbocycles. The van der Waals surface area contributed by atoms with Crippen molar-refractivity contribution in [3.8, 4) is 0 Å². The van der Waals surface area contributed by atoms with Gasteiger partial charge in [0.05, 0.1) is 0 Å². The topological polar surface area (TPSA) is 49.3 Å². The third kappa shape index (κ3) is 4.30. The molecule has 5 heteroatoms. The first-order valence-electron chi connectivity index (χ1n) is 5.85. The van der Waals surface area contributed by atoms with Gasteiger partial charge >= 0.3 is 5.97 Å². The molecule has 0 saturated heterocycles. The van der Waals surface area contributed by atoms with Crippen molar-refractivity contribution in [1.29, 1.82) is 0 Å². The molecule has 2 N–H and O–H groups in total. The zero-order chi connectivity index (χ0) is 13.6. The summed E-state index contributed by atoms with van der Waals surface area (Å²) in [6, 6.07) is 7.83. The van der Waals surface area contributed by atoms with Crippen molar-refractivity contribution in [3.63, 3.8) is 0 Å². The van der Waals surface area contributed by atoms with E-state index in [-0.39, 0.29) is 0 Å². The van der Waals surface area contributed by atoms with Gasteiger partial charge in [0.15, 0.2) is 0 Å². The van der Waals surface area contributed by atoms with E-state index in [0.717, 1.165) is 15.8 Å². The van der Waals surface area contributed by atoms with Gasteiger partial charge in [-0.15, -0.1) is 11.8 Å². The van der Waals surface area contributed by atoms with Crippen LogP contribution in [0.5, 0.6) is 0 Å². The van der Waals surface area contributed by atoms with Crippen LogP contribution >= 0.6 is 27.7 Å². The molecule has 1 rings (SSSR count). The lowest BCUT2D eigenvalue weighted by Crippen LogP contribution is -2.51. The Morgan fingerprint density at radius 2 is 2.17 bits per heavy atom. The standard InChI is InChI=1S/C13H18BrNO2S/c1-3-8-15-13(2,12(16)17)9-18-11-7-5-4-6-10(11)14/h4-7,15H,3,8-9H2,1-2H3,(H,16,17). The fraction of sp³-hybridized carbons (Fsp3) is 0.462. The molecule has 0 aromatic heterocycles. The minimum absolute atomic E-state index is 0.491. The van der Waals surface area contributed by atoms with E-state index in [2.05, 4.69) is 21.2 Å². The van der Waals surface area contributed by atoms with E-state index < -0.39 is 11.5 Å². The van der Waals surface area contributed by atoms with Gasteiger partial charge in [-0.25, -0.2) is 0 Å². The maximum absolute atomic E-state index is 11.3. The monoisotopic (exact) mass is 331 g/mol. The van der Waals surface area contributed by atoms with Crippen molar-refractivity contribution < 1.29 is 9.90 Å². The highest BCUT2D eigenvalue weighted by molar-refractivity contribution is 9.10. The highest BCUT2D eigenvalue weighted by atomic mass is 79.9. The zero-order valence-electron chi connectivity index (χ0n) is 10.6. The van der Waals surface area contributed by atoms with Crippen LogP contribution in [0.4, 0.5) is 0 Å². The number of carboxylic acid groups (broad SMARTS) is 1. The Morgan fingerprint density at radius 1 is 1.50 bits per heavy atom. The van der Waals surface area contributed by atoms with E-state index in [4.69, 9.17) is 0 Å². The lowest BCUT2D eigenvalue weighted by molar-refractivity contribution is -0.143. The molecule has 1 aromatic carbocycles. The molecule has 1 unspecified atom stereocenters. The minimum Gasteiger partial charge on any atom is -0.480 e. The van der Waals surface area contributed by atoms with E-state index in [1.54, 1.807) is 18.7 Å². The van der Waals surface area contributed by atoms with Gasteiger partial charge in [-0.1, -0.05) is 19.1 Å². The van der Waals surface area contributed by atoms with Gasteiger partial charge in [-0.3, -0.25) is 4.79 Å². The number of carbonyl (C=O) groups is 1. The Kier molecular flexibility index (Phi) is 6.18. The smallest absolute Gasteiger partial charge is 0.324 e. The molecule has 18 heavy (non-hydrogen) atoms. The average molecular weight is 332 g/mol. The normalized spacial score (nSPS) is 14.2. The summed E-state index contributed by atoms with van der Waals surface area (Å²) in [7, 11) is 0. The molecule has 0 spiro atoms. The lowest BCUT2D eigenvalue weighted by Gasteiger charge is -2.26. The van der Waals surface area contributed by atoms with Crippen LogP contribution in [0.3, 0.4) is 0 Å². The molecule has 0 bridgehead atoms. The summed E-state index contributed by atoms with van der Waals surface area (Å²) in [5.74, 6) is -0.319. The first kappa shape index (κ1) is 15.5. The van der Waals surface area contributed by atoms with Crippen molar-refractivity contribution in [3.05, 3.63) is 28.7 Å². The number of hydrogen-bond acceptors (Lipinski definition) is 3. The molecule has 0 fully saturated rings. The summed E-state index contributed by atoms with van der Waals surface area (Å²) >= 11 is 5.01. The van der Waals surface area contributed by atoms with Gasteiger partial charge in [0.2, 0.25) is 0 Å². The van der Waals surface area contributed by atoms with E-state index in [1.807, 2.05) is 31.2 Å². The van der Waals surface area contributed by atoms with Gasteiger partial charge in [0, 0.05) is 15.1 Å². The van der Waals surface area contributed by atoms with Crippen LogP contribution in [0.15, 0.2) is 33.6 Å². The average Bonchev–Trinajstić information content (AvgIpc) is 2.35. The molecule has 3 nitrogen and oxygen atoms in total. The molecule has 0 amide bonds. The van der Waals surface area contributed by atoms with Crippen LogP contribution in [0, 0.1) is 0 Å². The van der Waals surface area contributed by atoms with Gasteiger partial charge in [0.1, 0.15) is 5.54 Å². The molecule has 0 heterocycles. The van der Waals surface area contributed by atoms with Crippen LogP contribution in [-0.4, -0.2) is 28.9 Å². The van der Waals surface area contributed by atoms with Crippen molar-refractivity contribution in [2.24, 2.45) is 0 Å². The Labute approximate surface area is 120 Å². The molecule has 0 aliphatic carbocycles. The highest BCUT2D eigenvalue weighted by Gasteiger charge is 2.32. The van der Waals surface area contributed by atoms with Gasteiger partial charge in [-0.05, 0) is 48.0 Å². The number of benzene rings is 1. The van der Waals surface area contributed by atoms with E-state index in [9.17, 15) is 9.90 Å². The van der Waals surface area contributed by atoms with E-state index in [1.165, 1.54) is 0 Å². The number of aliphatic carboxylic acids is 1. The van der Waals surface area contributed by atoms with Crippen molar-refractivity contribution in [1.82, 2.24) is 5.32 Å². The molecular weight excluding hydrogens is 314 g/mol. The predicted octanol–water partition coefficient (Wildman–Crippen LogP) is 3.38. The number of thioether (sulfide) groups is 1. The molecule has 0 aliphatic heterocycles. The number of hydrogen-bond donors (Lipinski definition) is 2. The molecule has 0 radical (unpaired) electrons. The van der Waals surface area contributed by atoms with Gasteiger partial charge < -0.3 is 10.4 Å². The number of nitrogens with one attached hydrogen (secondary N) is 1. The minimum atomic E-state index is -0.893. The Bertz CT molecular complexity index is 414. The van der Waals surface area contributed by atoms with Gasteiger partial charge in [-0.2, -0.15) is 0 Å². The number of carboxylic acids is 1. The number of halogens is 1. The summed E-state index contributed by atoms with van der Waals surface area (Å²) < 4.78 is 0.998. The zero-order valence-corrected chi connectivity index (χ0v) is 13.0. The summed E-state index contributed by atoms with van der Waals surface area (Å²) in [5, 5.41) is 12.4. The van der Waals surface area contributed by atoms with Crippen LogP contribution in [0.2, 0.25) is 0 Å². The SMILES string of the molecule is CCCNC(C)(CSc1ccccc1Br)C(=O)O. The van der Waals surface area contributed by atoms with Crippen LogP contribution in [0.1, 0.15) is 20.3 Å². The first-order chi connectivity index (χ1) is 8.49. The first-order valence-corrected chi connectivity index (χ1v) is 7.63. The van der Waals surface area contributed by atoms with Crippen molar-refractivity contribution >= 4 is 33.7 Å². The molecule has 1 aromatic rings. The third-order valence-electron chi connectivity index (χ3n) is 2.59. The van der Waals surface area contributed by atoms with Crippen molar-refractivity contribution in [2.75, 3.05) is 12.3 Å². The highest BCUT2D eigenvalue weighted by Crippen LogP contribution is 2.29. The van der Waals surface area contributed by atoms with Crippen LogP contribution in [0.25, 0.3) is 0 Å². The van der Waals surface area contributed by atoms with E-state index >= 15 is 0 Å². The quantitative estimate of drug-likeness (QED) is 0.752. The maximum Gasteiger partial charge on any atom is 0.324 e. The van der Waals surface area contributed by atoms with E-state index in [0.29, 0.717) is 12.3 Å². The second-order valence-electron chi connectivity index (χ2n) is 4.28. The lowest BCUT2D eigenvalue weighted by atomic mass is 10.1. The Hall–Kier alpha value is -0.520. The summed E-state index contributed by atoms with van der Waals surface area (Å²) in [6.45, 7) is 4.46. The predicted molar refractivity (Wildman–Crippen MR) is 79.2 cm³/mol.